The molecule has 0 saturated heterocycles. The fraction of sp³-hybridized carbons (Fsp3) is 0.208. The van der Waals surface area contributed by atoms with Crippen LogP contribution < -0.4 is 14.2 Å². The number of benzene rings is 3. The standard InChI is InChI=1S/C24H22BrN3O5/c1-28(22(29)14-32-19-11-8-15-6-4-5-7-17(15)23(19)25)13-21-26-27-24(33-21)16-9-10-18(30-2)20(12-16)31-3/h4-12H,13-14H2,1-3H3. The number of rotatable bonds is 8. The summed E-state index contributed by atoms with van der Waals surface area (Å²) in [6.07, 6.45) is 0. The van der Waals surface area contributed by atoms with Crippen LogP contribution in [0.2, 0.25) is 0 Å². The first-order valence-electron chi connectivity index (χ1n) is 10.1. The van der Waals surface area contributed by atoms with E-state index in [0.717, 1.165) is 15.2 Å². The molecule has 1 aromatic heterocycles. The minimum absolute atomic E-state index is 0.121. The molecule has 0 saturated carbocycles. The third-order valence-corrected chi connectivity index (χ3v) is 5.89. The quantitative estimate of drug-likeness (QED) is 0.338. The third-order valence-electron chi connectivity index (χ3n) is 5.07. The van der Waals surface area contributed by atoms with E-state index in [2.05, 4.69) is 26.1 Å². The Morgan fingerprint density at radius 2 is 1.76 bits per heavy atom. The van der Waals surface area contributed by atoms with E-state index in [9.17, 15) is 4.79 Å². The minimum Gasteiger partial charge on any atom is -0.493 e. The van der Waals surface area contributed by atoms with E-state index >= 15 is 0 Å². The monoisotopic (exact) mass is 511 g/mol. The van der Waals surface area contributed by atoms with E-state index in [1.165, 1.54) is 4.90 Å². The van der Waals surface area contributed by atoms with Crippen LogP contribution in [0.1, 0.15) is 5.89 Å². The molecule has 0 unspecified atom stereocenters. The lowest BCUT2D eigenvalue weighted by Crippen LogP contribution is -2.31. The van der Waals surface area contributed by atoms with Gasteiger partial charge in [-0.3, -0.25) is 4.79 Å². The molecule has 0 atom stereocenters. The first-order valence-corrected chi connectivity index (χ1v) is 10.9. The number of ether oxygens (including phenoxy) is 3. The second-order valence-electron chi connectivity index (χ2n) is 7.21. The molecular weight excluding hydrogens is 490 g/mol. The van der Waals surface area contributed by atoms with Crippen molar-refractivity contribution >= 4 is 32.6 Å². The lowest BCUT2D eigenvalue weighted by Gasteiger charge is -2.16. The zero-order valence-corrected chi connectivity index (χ0v) is 20.0. The van der Waals surface area contributed by atoms with Crippen LogP contribution in [0.4, 0.5) is 0 Å². The Hall–Kier alpha value is -3.59. The molecule has 4 rings (SSSR count). The van der Waals surface area contributed by atoms with E-state index in [1.54, 1.807) is 39.5 Å². The summed E-state index contributed by atoms with van der Waals surface area (Å²) in [5.74, 6) is 2.17. The molecule has 0 aliphatic rings. The van der Waals surface area contributed by atoms with Crippen molar-refractivity contribution in [2.75, 3.05) is 27.9 Å². The van der Waals surface area contributed by atoms with E-state index in [0.29, 0.717) is 34.6 Å². The summed E-state index contributed by atoms with van der Waals surface area (Å²) in [5, 5.41) is 10.2. The molecule has 3 aromatic carbocycles. The molecule has 8 nitrogen and oxygen atoms in total. The van der Waals surface area contributed by atoms with Crippen LogP contribution in [0, 0.1) is 0 Å². The Kier molecular flexibility index (Phi) is 6.79. The Morgan fingerprint density at radius 1 is 1.00 bits per heavy atom. The first-order chi connectivity index (χ1) is 16.0. The number of methoxy groups -OCH3 is 2. The number of nitrogens with zero attached hydrogens (tertiary/aromatic N) is 3. The maximum atomic E-state index is 12.6. The number of aromatic nitrogens is 2. The van der Waals surface area contributed by atoms with Gasteiger partial charge in [0.15, 0.2) is 18.1 Å². The number of hydrogen-bond acceptors (Lipinski definition) is 7. The number of carbonyl (C=O) groups is 1. The lowest BCUT2D eigenvalue weighted by atomic mass is 10.1. The van der Waals surface area contributed by atoms with Crippen molar-refractivity contribution in [2.24, 2.45) is 0 Å². The number of carbonyl (C=O) groups excluding carboxylic acids is 1. The summed E-state index contributed by atoms with van der Waals surface area (Å²) in [6.45, 7) is 0.0332. The molecule has 33 heavy (non-hydrogen) atoms. The number of hydrogen-bond donors (Lipinski definition) is 0. The summed E-state index contributed by atoms with van der Waals surface area (Å²) >= 11 is 3.57. The van der Waals surface area contributed by atoms with Crippen molar-refractivity contribution < 1.29 is 23.4 Å². The number of likely N-dealkylation sites (N-methyl/N-ethyl adjacent to an activating group) is 1. The van der Waals surface area contributed by atoms with Gasteiger partial charge >= 0.3 is 0 Å². The Labute approximate surface area is 199 Å². The topological polar surface area (TPSA) is 86.9 Å². The summed E-state index contributed by atoms with van der Waals surface area (Å²) in [5.41, 5.74) is 0.685. The highest BCUT2D eigenvalue weighted by atomic mass is 79.9. The Morgan fingerprint density at radius 3 is 2.55 bits per heavy atom. The predicted molar refractivity (Wildman–Crippen MR) is 126 cm³/mol. The van der Waals surface area contributed by atoms with E-state index < -0.39 is 0 Å². The van der Waals surface area contributed by atoms with Gasteiger partial charge in [-0.25, -0.2) is 0 Å². The van der Waals surface area contributed by atoms with Gasteiger partial charge in [-0.2, -0.15) is 0 Å². The van der Waals surface area contributed by atoms with Crippen LogP contribution in [0.25, 0.3) is 22.2 Å². The van der Waals surface area contributed by atoms with Crippen molar-refractivity contribution in [3.05, 3.63) is 65.0 Å². The summed E-state index contributed by atoms with van der Waals surface area (Å²) in [7, 11) is 4.78. The lowest BCUT2D eigenvalue weighted by molar-refractivity contribution is -0.132. The molecule has 0 aliphatic carbocycles. The Balaban J connectivity index is 1.39. The van der Waals surface area contributed by atoms with Gasteiger partial charge in [-0.05, 0) is 51.0 Å². The maximum Gasteiger partial charge on any atom is 0.260 e. The second kappa shape index (κ2) is 9.91. The van der Waals surface area contributed by atoms with Crippen molar-refractivity contribution in [3.63, 3.8) is 0 Å². The molecule has 0 radical (unpaired) electrons. The van der Waals surface area contributed by atoms with Gasteiger partial charge in [0, 0.05) is 12.6 Å². The average Bonchev–Trinajstić information content (AvgIpc) is 3.31. The minimum atomic E-state index is -0.221. The molecule has 0 fully saturated rings. The van der Waals surface area contributed by atoms with Crippen LogP contribution in [0.3, 0.4) is 0 Å². The van der Waals surface area contributed by atoms with Crippen LogP contribution in [-0.4, -0.2) is 48.9 Å². The zero-order valence-electron chi connectivity index (χ0n) is 18.4. The third kappa shape index (κ3) is 4.93. The first kappa shape index (κ1) is 22.6. The van der Waals surface area contributed by atoms with Crippen LogP contribution in [-0.2, 0) is 11.3 Å². The predicted octanol–water partition coefficient (Wildman–Crippen LogP) is 4.71. The van der Waals surface area contributed by atoms with Gasteiger partial charge in [-0.15, -0.1) is 10.2 Å². The fourth-order valence-corrected chi connectivity index (χ4v) is 3.88. The van der Waals surface area contributed by atoms with Crippen molar-refractivity contribution in [1.29, 1.82) is 0 Å². The van der Waals surface area contributed by atoms with Crippen molar-refractivity contribution in [3.8, 4) is 28.7 Å². The molecule has 1 heterocycles. The highest BCUT2D eigenvalue weighted by Gasteiger charge is 2.17. The molecule has 4 aromatic rings. The summed E-state index contributed by atoms with van der Waals surface area (Å²) < 4.78 is 22.9. The van der Waals surface area contributed by atoms with Crippen LogP contribution >= 0.6 is 15.9 Å². The molecular formula is C24H22BrN3O5. The van der Waals surface area contributed by atoms with Gasteiger partial charge in [0.2, 0.25) is 11.8 Å². The number of fused-ring (bicyclic) bond motifs is 1. The van der Waals surface area contributed by atoms with E-state index in [4.69, 9.17) is 18.6 Å². The molecule has 9 heteroatoms. The highest BCUT2D eigenvalue weighted by molar-refractivity contribution is 9.10. The van der Waals surface area contributed by atoms with Crippen LogP contribution in [0.5, 0.6) is 17.2 Å². The smallest absolute Gasteiger partial charge is 0.260 e. The molecule has 0 spiro atoms. The fourth-order valence-electron chi connectivity index (χ4n) is 3.27. The molecule has 0 N–H and O–H groups in total. The van der Waals surface area contributed by atoms with E-state index in [1.807, 2.05) is 36.4 Å². The Bertz CT molecular complexity index is 1290. The highest BCUT2D eigenvalue weighted by Crippen LogP contribution is 2.33. The SMILES string of the molecule is COc1ccc(-c2nnc(CN(C)C(=O)COc3ccc4ccccc4c3Br)o2)cc1OC. The molecule has 0 aliphatic heterocycles. The normalized spacial score (nSPS) is 10.8. The van der Waals surface area contributed by atoms with Crippen molar-refractivity contribution in [1.82, 2.24) is 15.1 Å². The van der Waals surface area contributed by atoms with E-state index in [-0.39, 0.29) is 19.1 Å². The summed E-state index contributed by atoms with van der Waals surface area (Å²) in [4.78, 5) is 14.1. The van der Waals surface area contributed by atoms with Gasteiger partial charge in [-0.1, -0.05) is 30.3 Å². The molecule has 0 bridgehead atoms. The largest absolute Gasteiger partial charge is 0.493 e. The van der Waals surface area contributed by atoms with Crippen molar-refractivity contribution in [2.45, 2.75) is 6.54 Å². The van der Waals surface area contributed by atoms with Gasteiger partial charge in [0.05, 0.1) is 25.2 Å². The number of halogens is 1. The van der Waals surface area contributed by atoms with Gasteiger partial charge < -0.3 is 23.5 Å². The number of amides is 1. The molecule has 1 amide bonds. The van der Waals surface area contributed by atoms with Crippen LogP contribution in [0.15, 0.2) is 63.5 Å². The maximum absolute atomic E-state index is 12.6. The van der Waals surface area contributed by atoms with Gasteiger partial charge in [0.1, 0.15) is 5.75 Å². The summed E-state index contributed by atoms with van der Waals surface area (Å²) in [6, 6.07) is 17.0. The molecule has 170 valence electrons. The average molecular weight is 512 g/mol. The second-order valence-corrected chi connectivity index (χ2v) is 8.00. The zero-order chi connectivity index (χ0) is 23.4. The van der Waals surface area contributed by atoms with Gasteiger partial charge in [0.25, 0.3) is 5.91 Å².